The van der Waals surface area contributed by atoms with E-state index in [0.29, 0.717) is 13.2 Å². The lowest BCUT2D eigenvalue weighted by atomic mass is 9.82. The zero-order valence-electron chi connectivity index (χ0n) is 23.5. The highest BCUT2D eigenvalue weighted by molar-refractivity contribution is 5.75. The Morgan fingerprint density at radius 1 is 0.588 bits per heavy atom. The zero-order valence-corrected chi connectivity index (χ0v) is 23.5. The van der Waals surface area contributed by atoms with Gasteiger partial charge in [0.05, 0.1) is 25.0 Å². The van der Waals surface area contributed by atoms with Crippen LogP contribution in [0.2, 0.25) is 0 Å². The molecule has 4 heteroatoms. The predicted molar refractivity (Wildman–Crippen MR) is 142 cm³/mol. The van der Waals surface area contributed by atoms with E-state index in [-0.39, 0.29) is 34.6 Å². The Morgan fingerprint density at radius 3 is 1.24 bits per heavy atom. The van der Waals surface area contributed by atoms with Crippen LogP contribution in [0.25, 0.3) is 0 Å². The van der Waals surface area contributed by atoms with E-state index in [2.05, 4.69) is 41.5 Å². The lowest BCUT2D eigenvalue weighted by molar-refractivity contribution is -0.158. The molecule has 0 radical (unpaired) electrons. The summed E-state index contributed by atoms with van der Waals surface area (Å²) >= 11 is 0. The zero-order chi connectivity index (χ0) is 25.5. The molecule has 0 aromatic rings. The molecule has 200 valence electrons. The Kier molecular flexibility index (Phi) is 15.1. The summed E-state index contributed by atoms with van der Waals surface area (Å²) in [6.45, 7) is 14.2. The summed E-state index contributed by atoms with van der Waals surface area (Å²) in [7, 11) is 0. The summed E-state index contributed by atoms with van der Waals surface area (Å²) in [5, 5.41) is 0. The van der Waals surface area contributed by atoms with Gasteiger partial charge in [-0.05, 0) is 49.4 Å². The number of unbranched alkanes of at least 4 members (excludes halogenated alkanes) is 8. The minimum atomic E-state index is -0.0740. The van der Waals surface area contributed by atoms with Gasteiger partial charge in [-0.25, -0.2) is 0 Å². The van der Waals surface area contributed by atoms with Crippen molar-refractivity contribution < 1.29 is 19.1 Å². The Hall–Kier alpha value is -1.06. The average Bonchev–Trinajstić information content (AvgIpc) is 2.81. The number of hydrogen-bond donors (Lipinski definition) is 0. The van der Waals surface area contributed by atoms with E-state index in [1.165, 1.54) is 64.2 Å². The predicted octanol–water partition coefficient (Wildman–Crippen LogP) is 8.65. The third-order valence-electron chi connectivity index (χ3n) is 7.52. The first-order valence-electron chi connectivity index (χ1n) is 14.4. The van der Waals surface area contributed by atoms with Gasteiger partial charge in [0.15, 0.2) is 0 Å². The van der Waals surface area contributed by atoms with Gasteiger partial charge in [-0.15, -0.1) is 0 Å². The fourth-order valence-electron chi connectivity index (χ4n) is 4.89. The van der Waals surface area contributed by atoms with Gasteiger partial charge in [-0.1, -0.05) is 106 Å². The molecule has 0 heterocycles. The van der Waals surface area contributed by atoms with Crippen LogP contribution in [-0.2, 0) is 19.1 Å². The van der Waals surface area contributed by atoms with E-state index in [0.717, 1.165) is 38.5 Å². The fourth-order valence-corrected chi connectivity index (χ4v) is 4.89. The maximum atomic E-state index is 12.6. The van der Waals surface area contributed by atoms with E-state index >= 15 is 0 Å². The second-order valence-electron chi connectivity index (χ2n) is 12.4. The summed E-state index contributed by atoms with van der Waals surface area (Å²) in [4.78, 5) is 25.2. The van der Waals surface area contributed by atoms with Gasteiger partial charge >= 0.3 is 11.9 Å². The van der Waals surface area contributed by atoms with E-state index in [4.69, 9.17) is 9.47 Å². The third kappa shape index (κ3) is 13.7. The number of carbonyl (C=O) groups is 2. The van der Waals surface area contributed by atoms with Crippen molar-refractivity contribution >= 4 is 11.9 Å². The Balaban J connectivity index is 2.26. The van der Waals surface area contributed by atoms with Crippen molar-refractivity contribution in [2.75, 3.05) is 13.2 Å². The highest BCUT2D eigenvalue weighted by atomic mass is 16.5. The van der Waals surface area contributed by atoms with Gasteiger partial charge in [-0.3, -0.25) is 9.59 Å². The largest absolute Gasteiger partial charge is 0.465 e. The van der Waals surface area contributed by atoms with Crippen LogP contribution >= 0.6 is 0 Å². The van der Waals surface area contributed by atoms with Gasteiger partial charge in [0.1, 0.15) is 0 Å². The SMILES string of the molecule is CCCCCCCC(C)(C)COC(=O)C1CCC(C(=O)OCC(C)(C)CCCCCCC)CC1. The lowest BCUT2D eigenvalue weighted by Crippen LogP contribution is -2.31. The summed E-state index contributed by atoms with van der Waals surface area (Å²) in [6, 6.07) is 0. The van der Waals surface area contributed by atoms with Crippen LogP contribution in [0.15, 0.2) is 0 Å². The molecule has 0 N–H and O–H groups in total. The summed E-state index contributed by atoms with van der Waals surface area (Å²) in [5.74, 6) is -0.280. The van der Waals surface area contributed by atoms with Gasteiger partial charge < -0.3 is 9.47 Å². The quantitative estimate of drug-likeness (QED) is 0.145. The van der Waals surface area contributed by atoms with Crippen LogP contribution < -0.4 is 0 Å². The number of rotatable bonds is 18. The normalized spacial score (nSPS) is 19.1. The second kappa shape index (κ2) is 16.6. The van der Waals surface area contributed by atoms with Crippen molar-refractivity contribution in [3.05, 3.63) is 0 Å². The first-order valence-corrected chi connectivity index (χ1v) is 14.4. The topological polar surface area (TPSA) is 52.6 Å². The molecule has 0 amide bonds. The van der Waals surface area contributed by atoms with Crippen molar-refractivity contribution in [2.45, 2.75) is 144 Å². The molecule has 34 heavy (non-hydrogen) atoms. The standard InChI is InChI=1S/C30H56O4/c1-7-9-11-13-15-21-29(3,4)23-33-27(31)25-17-19-26(20-18-25)28(32)34-24-30(5,6)22-16-14-12-10-8-2/h25-26H,7-24H2,1-6H3. The summed E-state index contributed by atoms with van der Waals surface area (Å²) in [6.07, 6.45) is 17.8. The van der Waals surface area contributed by atoms with E-state index < -0.39 is 0 Å². The molecule has 1 aliphatic carbocycles. The van der Waals surface area contributed by atoms with Crippen LogP contribution in [0.3, 0.4) is 0 Å². The van der Waals surface area contributed by atoms with E-state index in [9.17, 15) is 9.59 Å². The smallest absolute Gasteiger partial charge is 0.308 e. The molecule has 0 unspecified atom stereocenters. The van der Waals surface area contributed by atoms with E-state index in [1.54, 1.807) is 0 Å². The van der Waals surface area contributed by atoms with Crippen LogP contribution in [0.4, 0.5) is 0 Å². The highest BCUT2D eigenvalue weighted by Gasteiger charge is 2.33. The Bertz CT molecular complexity index is 508. The molecule has 1 aliphatic rings. The molecule has 0 aromatic carbocycles. The van der Waals surface area contributed by atoms with Gasteiger partial charge in [0.25, 0.3) is 0 Å². The molecule has 0 aromatic heterocycles. The minimum Gasteiger partial charge on any atom is -0.465 e. The summed E-state index contributed by atoms with van der Waals surface area (Å²) in [5.41, 5.74) is 0.0668. The molecule has 0 aliphatic heterocycles. The van der Waals surface area contributed by atoms with Gasteiger partial charge in [-0.2, -0.15) is 0 Å². The highest BCUT2D eigenvalue weighted by Crippen LogP contribution is 2.33. The molecule has 4 nitrogen and oxygen atoms in total. The monoisotopic (exact) mass is 480 g/mol. The summed E-state index contributed by atoms with van der Waals surface area (Å²) < 4.78 is 11.4. The molecule has 1 rings (SSSR count). The average molecular weight is 481 g/mol. The maximum absolute atomic E-state index is 12.6. The van der Waals surface area contributed by atoms with Crippen LogP contribution in [-0.4, -0.2) is 25.2 Å². The molecular formula is C30H56O4. The molecule has 1 fully saturated rings. The van der Waals surface area contributed by atoms with Crippen LogP contribution in [0, 0.1) is 22.7 Å². The van der Waals surface area contributed by atoms with Crippen molar-refractivity contribution in [1.29, 1.82) is 0 Å². The second-order valence-corrected chi connectivity index (χ2v) is 12.4. The molecule has 0 bridgehead atoms. The maximum Gasteiger partial charge on any atom is 0.308 e. The Labute approximate surface area is 211 Å². The van der Waals surface area contributed by atoms with E-state index in [1.807, 2.05) is 0 Å². The molecule has 0 spiro atoms. The first kappa shape index (κ1) is 31.0. The van der Waals surface area contributed by atoms with Crippen molar-refractivity contribution in [2.24, 2.45) is 22.7 Å². The van der Waals surface area contributed by atoms with Gasteiger partial charge in [0, 0.05) is 0 Å². The lowest BCUT2D eigenvalue weighted by Gasteiger charge is -2.30. The number of hydrogen-bond acceptors (Lipinski definition) is 4. The fraction of sp³-hybridized carbons (Fsp3) is 0.933. The van der Waals surface area contributed by atoms with Crippen molar-refractivity contribution in [3.63, 3.8) is 0 Å². The Morgan fingerprint density at radius 2 is 0.912 bits per heavy atom. The van der Waals surface area contributed by atoms with Crippen molar-refractivity contribution in [1.82, 2.24) is 0 Å². The minimum absolute atomic E-state index is 0.0334. The molecule has 1 saturated carbocycles. The first-order chi connectivity index (χ1) is 16.1. The number of ether oxygens (including phenoxy) is 2. The van der Waals surface area contributed by atoms with Crippen LogP contribution in [0.5, 0.6) is 0 Å². The molecule has 0 saturated heterocycles. The molecule has 0 atom stereocenters. The van der Waals surface area contributed by atoms with Crippen molar-refractivity contribution in [3.8, 4) is 0 Å². The third-order valence-corrected chi connectivity index (χ3v) is 7.52. The molecular weight excluding hydrogens is 424 g/mol. The number of esters is 2. The van der Waals surface area contributed by atoms with Gasteiger partial charge in [0.2, 0.25) is 0 Å². The van der Waals surface area contributed by atoms with Crippen LogP contribution in [0.1, 0.15) is 144 Å². The number of carbonyl (C=O) groups excluding carboxylic acids is 2.